The second-order valence-electron chi connectivity index (χ2n) is 3.47. The van der Waals surface area contributed by atoms with Crippen molar-refractivity contribution in [2.24, 2.45) is 0 Å². The first-order valence-electron chi connectivity index (χ1n) is 5.36. The largest absolute Gasteiger partial charge is 0.465 e. The first kappa shape index (κ1) is 15.4. The molecule has 6 heteroatoms. The summed E-state index contributed by atoms with van der Waals surface area (Å²) in [6.07, 6.45) is -4.80. The summed E-state index contributed by atoms with van der Waals surface area (Å²) in [4.78, 5) is 11.0. The molecule has 0 aliphatic heterocycles. The summed E-state index contributed by atoms with van der Waals surface area (Å²) in [5.74, 6) is 4.09. The van der Waals surface area contributed by atoms with Gasteiger partial charge in [-0.05, 0) is 25.1 Å². The highest BCUT2D eigenvalue weighted by atomic mass is 35.5. The van der Waals surface area contributed by atoms with E-state index in [1.807, 2.05) is 0 Å². The van der Waals surface area contributed by atoms with Crippen molar-refractivity contribution in [3.63, 3.8) is 0 Å². The van der Waals surface area contributed by atoms with Gasteiger partial charge in [0.25, 0.3) is 0 Å². The number of halogens is 4. The lowest BCUT2D eigenvalue weighted by molar-refractivity contribution is -0.141. The number of hydrogen-bond acceptors (Lipinski definition) is 2. The van der Waals surface area contributed by atoms with Gasteiger partial charge in [-0.25, -0.2) is 0 Å². The van der Waals surface area contributed by atoms with Crippen LogP contribution in [0, 0.1) is 11.8 Å². The zero-order chi connectivity index (χ0) is 14.5. The molecule has 0 fully saturated rings. The van der Waals surface area contributed by atoms with Gasteiger partial charge in [0.05, 0.1) is 12.2 Å². The lowest BCUT2D eigenvalue weighted by Crippen LogP contribution is -2.07. The highest BCUT2D eigenvalue weighted by Crippen LogP contribution is 2.33. The monoisotopic (exact) mass is 290 g/mol. The fraction of sp³-hybridized carbons (Fsp3) is 0.308. The number of rotatable bonds is 2. The van der Waals surface area contributed by atoms with E-state index in [2.05, 4.69) is 16.6 Å². The van der Waals surface area contributed by atoms with Crippen LogP contribution in [0.4, 0.5) is 13.2 Å². The van der Waals surface area contributed by atoms with E-state index in [1.54, 1.807) is 6.92 Å². The van der Waals surface area contributed by atoms with Crippen molar-refractivity contribution >= 4 is 17.6 Å². The molecule has 1 aromatic carbocycles. The molecule has 0 atom stereocenters. The number of carbonyl (C=O) groups excluding carboxylic acids is 1. The van der Waals surface area contributed by atoms with Crippen LogP contribution in [0.1, 0.15) is 24.5 Å². The zero-order valence-corrected chi connectivity index (χ0v) is 10.7. The Morgan fingerprint density at radius 2 is 2.11 bits per heavy atom. The summed E-state index contributed by atoms with van der Waals surface area (Å²) < 4.78 is 42.8. The molecule has 0 saturated carbocycles. The van der Waals surface area contributed by atoms with Crippen LogP contribution in [-0.4, -0.2) is 12.6 Å². The van der Waals surface area contributed by atoms with Crippen LogP contribution in [0.5, 0.6) is 0 Å². The van der Waals surface area contributed by atoms with E-state index in [0.717, 1.165) is 6.07 Å². The smallest absolute Gasteiger partial charge is 0.417 e. The van der Waals surface area contributed by atoms with Gasteiger partial charge in [-0.15, -0.1) is 0 Å². The maximum absolute atomic E-state index is 12.7. The van der Waals surface area contributed by atoms with Crippen LogP contribution in [-0.2, 0) is 15.7 Å². The first-order valence-corrected chi connectivity index (χ1v) is 5.73. The van der Waals surface area contributed by atoms with Gasteiger partial charge in [-0.3, -0.25) is 4.79 Å². The normalized spacial score (nSPS) is 10.6. The van der Waals surface area contributed by atoms with E-state index in [-0.39, 0.29) is 23.6 Å². The molecule has 0 bridgehead atoms. The van der Waals surface area contributed by atoms with Gasteiger partial charge < -0.3 is 4.74 Å². The van der Waals surface area contributed by atoms with Crippen LogP contribution >= 0.6 is 11.6 Å². The molecule has 0 aliphatic rings. The number of alkyl halides is 3. The van der Waals surface area contributed by atoms with E-state index in [4.69, 9.17) is 11.6 Å². The Kier molecular flexibility index (Phi) is 5.25. The van der Waals surface area contributed by atoms with Gasteiger partial charge >= 0.3 is 12.1 Å². The van der Waals surface area contributed by atoms with Crippen molar-refractivity contribution in [3.05, 3.63) is 34.3 Å². The van der Waals surface area contributed by atoms with Crippen molar-refractivity contribution in [2.75, 3.05) is 6.61 Å². The van der Waals surface area contributed by atoms with E-state index in [1.165, 1.54) is 12.1 Å². The molecule has 0 N–H and O–H groups in total. The zero-order valence-electron chi connectivity index (χ0n) is 9.97. The molecule has 102 valence electrons. The van der Waals surface area contributed by atoms with E-state index >= 15 is 0 Å². The molecule has 0 saturated heterocycles. The standard InChI is InChI=1S/C13H10ClF3O2/c1-2-19-12(18)5-3-4-9-6-7-10(14)8-11(9)13(15,16)17/h6-8H,2,5H2,1H3. The first-order chi connectivity index (χ1) is 8.84. The molecule has 19 heavy (non-hydrogen) atoms. The fourth-order valence-corrected chi connectivity index (χ4v) is 1.46. The number of ether oxygens (including phenoxy) is 1. The topological polar surface area (TPSA) is 26.3 Å². The van der Waals surface area contributed by atoms with E-state index in [0.29, 0.717) is 0 Å². The third-order valence-corrected chi connectivity index (χ3v) is 2.28. The lowest BCUT2D eigenvalue weighted by atomic mass is 10.1. The van der Waals surface area contributed by atoms with Crippen molar-refractivity contribution in [1.82, 2.24) is 0 Å². The molecule has 1 rings (SSSR count). The summed E-state index contributed by atoms with van der Waals surface area (Å²) in [7, 11) is 0. The van der Waals surface area contributed by atoms with Crippen LogP contribution < -0.4 is 0 Å². The number of esters is 1. The van der Waals surface area contributed by atoms with E-state index < -0.39 is 17.7 Å². The van der Waals surface area contributed by atoms with Gasteiger partial charge in [0.15, 0.2) is 0 Å². The molecule has 0 aliphatic carbocycles. The van der Waals surface area contributed by atoms with Crippen LogP contribution in [0.25, 0.3) is 0 Å². The average molecular weight is 291 g/mol. The average Bonchev–Trinajstić information content (AvgIpc) is 2.30. The van der Waals surface area contributed by atoms with Crippen molar-refractivity contribution < 1.29 is 22.7 Å². The molecule has 1 aromatic rings. The molecule has 0 amide bonds. The summed E-state index contributed by atoms with van der Waals surface area (Å²) in [6.45, 7) is 1.83. The predicted octanol–water partition coefficient (Wildman–Crippen LogP) is 3.66. The highest BCUT2D eigenvalue weighted by molar-refractivity contribution is 6.30. The Hall–Kier alpha value is -1.67. The number of benzene rings is 1. The minimum atomic E-state index is -4.54. The highest BCUT2D eigenvalue weighted by Gasteiger charge is 2.33. The van der Waals surface area contributed by atoms with Crippen LogP contribution in [0.15, 0.2) is 18.2 Å². The fourth-order valence-electron chi connectivity index (χ4n) is 1.28. The Bertz CT molecular complexity index is 527. The molecular weight excluding hydrogens is 281 g/mol. The molecule has 0 aromatic heterocycles. The quantitative estimate of drug-likeness (QED) is 0.614. The Labute approximate surface area is 113 Å². The van der Waals surface area contributed by atoms with Crippen LogP contribution in [0.3, 0.4) is 0 Å². The molecular formula is C13H10ClF3O2. The minimum absolute atomic E-state index is 0.0248. The molecule has 0 spiro atoms. The van der Waals surface area contributed by atoms with Gasteiger partial charge in [0.2, 0.25) is 0 Å². The maximum atomic E-state index is 12.7. The molecule has 0 heterocycles. The number of hydrogen-bond donors (Lipinski definition) is 0. The Morgan fingerprint density at radius 1 is 1.42 bits per heavy atom. The summed E-state index contributed by atoms with van der Waals surface area (Å²) in [5.41, 5.74) is -1.14. The lowest BCUT2D eigenvalue weighted by Gasteiger charge is -2.09. The third kappa shape index (κ3) is 4.84. The minimum Gasteiger partial charge on any atom is -0.465 e. The second-order valence-corrected chi connectivity index (χ2v) is 3.91. The molecule has 0 unspecified atom stereocenters. The molecule has 0 radical (unpaired) electrons. The van der Waals surface area contributed by atoms with Crippen molar-refractivity contribution in [1.29, 1.82) is 0 Å². The van der Waals surface area contributed by atoms with Crippen molar-refractivity contribution in [3.8, 4) is 11.8 Å². The third-order valence-electron chi connectivity index (χ3n) is 2.05. The second kappa shape index (κ2) is 6.48. The van der Waals surface area contributed by atoms with Gasteiger partial charge in [-0.1, -0.05) is 23.4 Å². The maximum Gasteiger partial charge on any atom is 0.417 e. The van der Waals surface area contributed by atoms with Gasteiger partial charge in [0, 0.05) is 10.6 Å². The van der Waals surface area contributed by atoms with Crippen LogP contribution in [0.2, 0.25) is 5.02 Å². The number of carbonyl (C=O) groups is 1. The molecule has 2 nitrogen and oxygen atoms in total. The van der Waals surface area contributed by atoms with Crippen molar-refractivity contribution in [2.45, 2.75) is 19.5 Å². The summed E-state index contributed by atoms with van der Waals surface area (Å²) >= 11 is 5.53. The van der Waals surface area contributed by atoms with Gasteiger partial charge in [-0.2, -0.15) is 13.2 Å². The van der Waals surface area contributed by atoms with Gasteiger partial charge in [0.1, 0.15) is 6.42 Å². The Morgan fingerprint density at radius 3 is 2.68 bits per heavy atom. The summed E-state index contributed by atoms with van der Waals surface area (Å²) in [6, 6.07) is 3.28. The Balaban J connectivity index is 2.96. The summed E-state index contributed by atoms with van der Waals surface area (Å²) in [5, 5.41) is -0.0248. The SMILES string of the molecule is CCOC(=O)CC#Cc1ccc(Cl)cc1C(F)(F)F. The van der Waals surface area contributed by atoms with E-state index in [9.17, 15) is 18.0 Å². The predicted molar refractivity (Wildman–Crippen MR) is 64.6 cm³/mol.